The minimum Gasteiger partial charge on any atom is -0.465 e. The lowest BCUT2D eigenvalue weighted by molar-refractivity contribution is -0.139. The van der Waals surface area contributed by atoms with E-state index in [1.807, 2.05) is 5.32 Å². The van der Waals surface area contributed by atoms with Gasteiger partial charge in [-0.05, 0) is 37.4 Å². The topological polar surface area (TPSA) is 86.7 Å². The first-order chi connectivity index (χ1) is 14.3. The van der Waals surface area contributed by atoms with Gasteiger partial charge in [0.15, 0.2) is 0 Å². The van der Waals surface area contributed by atoms with Crippen molar-refractivity contribution in [2.24, 2.45) is 0 Å². The van der Waals surface area contributed by atoms with Crippen molar-refractivity contribution in [1.29, 1.82) is 0 Å². The summed E-state index contributed by atoms with van der Waals surface area (Å²) in [5.74, 6) is -2.49. The van der Waals surface area contributed by atoms with Crippen molar-refractivity contribution in [1.82, 2.24) is 5.32 Å². The van der Waals surface area contributed by atoms with Crippen LogP contribution in [0.3, 0.4) is 0 Å². The molecule has 1 saturated heterocycles. The molecule has 1 aliphatic heterocycles. The average Bonchev–Trinajstić information content (AvgIpc) is 2.99. The number of hydrogen-bond acceptors (Lipinski definition) is 3. The van der Waals surface area contributed by atoms with Crippen LogP contribution >= 0.6 is 7.14 Å². The van der Waals surface area contributed by atoms with Gasteiger partial charge in [0.2, 0.25) is 5.91 Å². The molecule has 2 amide bonds. The van der Waals surface area contributed by atoms with Crippen LogP contribution in [0.2, 0.25) is 0 Å². The first kappa shape index (κ1) is 22.8. The van der Waals surface area contributed by atoms with Crippen LogP contribution in [0.5, 0.6) is 0 Å². The Hall–Kier alpha value is -2.87. The van der Waals surface area contributed by atoms with Crippen molar-refractivity contribution < 1.29 is 36.8 Å². The summed E-state index contributed by atoms with van der Waals surface area (Å²) in [6.45, 7) is 2.66. The third-order valence-corrected chi connectivity index (χ3v) is 6.52. The van der Waals surface area contributed by atoms with E-state index in [-0.39, 0.29) is 29.4 Å². The summed E-state index contributed by atoms with van der Waals surface area (Å²) in [6, 6.07) is 6.81. The molecule has 31 heavy (non-hydrogen) atoms. The highest BCUT2D eigenvalue weighted by molar-refractivity contribution is 7.70. The number of halogens is 4. The van der Waals surface area contributed by atoms with Gasteiger partial charge in [-0.2, -0.15) is 13.2 Å². The molecule has 2 aromatic rings. The number of carboxylic acid groups (broad SMARTS) is 1. The van der Waals surface area contributed by atoms with Crippen LogP contribution in [-0.2, 0) is 15.5 Å². The number of nitrogens with one attached hydrogen (secondary N) is 1. The predicted molar refractivity (Wildman–Crippen MR) is 108 cm³/mol. The molecule has 1 aliphatic rings. The van der Waals surface area contributed by atoms with Crippen LogP contribution in [0.25, 0.3) is 11.1 Å². The molecule has 0 spiro atoms. The van der Waals surface area contributed by atoms with E-state index in [1.165, 1.54) is 31.5 Å². The maximum absolute atomic E-state index is 15.3. The monoisotopic (exact) mass is 458 g/mol. The Bertz CT molecular complexity index is 1100. The zero-order valence-electron chi connectivity index (χ0n) is 16.5. The lowest BCUT2D eigenvalue weighted by Gasteiger charge is -2.24. The van der Waals surface area contributed by atoms with Gasteiger partial charge >= 0.3 is 12.3 Å². The SMILES string of the molecule is CP(C)(=O)c1ccccc1-c1ccc(N2CCC(NC(=O)O)C2=O)c(C(F)(F)F)c1F. The molecule has 0 radical (unpaired) electrons. The standard InChI is InChI=1S/C20H19F4N2O4P/c1-31(2,30)15-6-4-3-5-11(15)12-7-8-14(16(17(12)21)20(22,23)24)26-10-9-13(18(26)27)25-19(28)29/h3-8,13,25H,9-10H2,1-2H3,(H,28,29). The Kier molecular flexibility index (Phi) is 5.88. The molecule has 3 rings (SSSR count). The molecule has 1 unspecified atom stereocenters. The number of hydrogen-bond donors (Lipinski definition) is 2. The summed E-state index contributed by atoms with van der Waals surface area (Å²) in [5, 5.41) is 11.0. The predicted octanol–water partition coefficient (Wildman–Crippen LogP) is 4.13. The highest BCUT2D eigenvalue weighted by Gasteiger charge is 2.43. The molecule has 1 heterocycles. The van der Waals surface area contributed by atoms with Crippen LogP contribution < -0.4 is 15.5 Å². The third-order valence-electron chi connectivity index (χ3n) is 4.97. The highest BCUT2D eigenvalue weighted by atomic mass is 31.2. The number of benzene rings is 2. The van der Waals surface area contributed by atoms with Gasteiger partial charge in [0.1, 0.15) is 24.6 Å². The van der Waals surface area contributed by atoms with E-state index in [2.05, 4.69) is 0 Å². The zero-order valence-corrected chi connectivity index (χ0v) is 17.4. The van der Waals surface area contributed by atoms with Crippen LogP contribution in [0.15, 0.2) is 36.4 Å². The van der Waals surface area contributed by atoms with Gasteiger partial charge in [-0.3, -0.25) is 4.79 Å². The van der Waals surface area contributed by atoms with Crippen LogP contribution in [0, 0.1) is 5.82 Å². The summed E-state index contributed by atoms with van der Waals surface area (Å²) >= 11 is 0. The molecule has 1 fully saturated rings. The summed E-state index contributed by atoms with van der Waals surface area (Å²) in [4.78, 5) is 24.0. The number of carbonyl (C=O) groups excluding carboxylic acids is 1. The molecule has 0 aliphatic carbocycles. The van der Waals surface area contributed by atoms with E-state index >= 15 is 4.39 Å². The maximum atomic E-state index is 15.3. The van der Waals surface area contributed by atoms with Crippen molar-refractivity contribution >= 4 is 30.1 Å². The smallest absolute Gasteiger partial charge is 0.421 e. The second-order valence-corrected chi connectivity index (χ2v) is 10.7. The number of anilines is 1. The molecule has 0 aromatic heterocycles. The third kappa shape index (κ3) is 4.44. The maximum Gasteiger partial charge on any atom is 0.421 e. The second-order valence-electron chi connectivity index (χ2n) is 7.47. The molecule has 6 nitrogen and oxygen atoms in total. The highest BCUT2D eigenvalue weighted by Crippen LogP contribution is 2.45. The van der Waals surface area contributed by atoms with Gasteiger partial charge in [0.25, 0.3) is 0 Å². The lowest BCUT2D eigenvalue weighted by atomic mass is 9.99. The van der Waals surface area contributed by atoms with Gasteiger partial charge in [-0.15, -0.1) is 0 Å². The van der Waals surface area contributed by atoms with Gasteiger partial charge in [-0.1, -0.05) is 24.3 Å². The number of nitrogens with zero attached hydrogens (tertiary/aromatic N) is 1. The fourth-order valence-corrected chi connectivity index (χ4v) is 4.86. The fraction of sp³-hybridized carbons (Fsp3) is 0.300. The molecule has 1 atom stereocenters. The molecule has 0 saturated carbocycles. The Morgan fingerprint density at radius 1 is 1.16 bits per heavy atom. The number of carbonyl (C=O) groups is 2. The number of amides is 2. The van der Waals surface area contributed by atoms with Crippen molar-refractivity contribution in [2.45, 2.75) is 18.6 Å². The molecule has 166 valence electrons. The fourth-order valence-electron chi connectivity index (χ4n) is 3.64. The van der Waals surface area contributed by atoms with E-state index in [1.54, 1.807) is 6.07 Å². The Balaban J connectivity index is 2.17. The lowest BCUT2D eigenvalue weighted by Crippen LogP contribution is -2.41. The van der Waals surface area contributed by atoms with Gasteiger partial charge in [-0.25, -0.2) is 9.18 Å². The van der Waals surface area contributed by atoms with Crippen molar-refractivity contribution in [2.75, 3.05) is 24.8 Å². The van der Waals surface area contributed by atoms with Crippen molar-refractivity contribution in [3.63, 3.8) is 0 Å². The molecule has 11 heteroatoms. The Morgan fingerprint density at radius 3 is 2.39 bits per heavy atom. The first-order valence-electron chi connectivity index (χ1n) is 9.18. The summed E-state index contributed by atoms with van der Waals surface area (Å²) in [6.07, 6.45) is -6.67. The Morgan fingerprint density at radius 2 is 1.81 bits per heavy atom. The summed E-state index contributed by atoms with van der Waals surface area (Å²) < 4.78 is 69.6. The molecular formula is C20H19F4N2O4P. The number of rotatable bonds is 4. The normalized spacial score (nSPS) is 17.2. The van der Waals surface area contributed by atoms with E-state index in [9.17, 15) is 27.3 Å². The van der Waals surface area contributed by atoms with E-state index in [0.717, 1.165) is 17.0 Å². The zero-order chi connectivity index (χ0) is 23.1. The van der Waals surface area contributed by atoms with Gasteiger partial charge in [0.05, 0.1) is 5.69 Å². The van der Waals surface area contributed by atoms with Gasteiger partial charge in [0, 0.05) is 17.4 Å². The van der Waals surface area contributed by atoms with Crippen molar-refractivity contribution in [3.8, 4) is 11.1 Å². The van der Waals surface area contributed by atoms with E-state index < -0.39 is 48.4 Å². The average molecular weight is 458 g/mol. The van der Waals surface area contributed by atoms with E-state index in [4.69, 9.17) is 5.11 Å². The molecule has 0 bridgehead atoms. The first-order valence-corrected chi connectivity index (χ1v) is 11.8. The van der Waals surface area contributed by atoms with E-state index in [0.29, 0.717) is 0 Å². The van der Waals surface area contributed by atoms with Crippen LogP contribution in [0.4, 0.5) is 28.0 Å². The Labute approximate surface area is 175 Å². The largest absolute Gasteiger partial charge is 0.465 e. The molecular weight excluding hydrogens is 439 g/mol. The van der Waals surface area contributed by atoms with Gasteiger partial charge < -0.3 is 19.9 Å². The molecule has 2 N–H and O–H groups in total. The summed E-state index contributed by atoms with van der Waals surface area (Å²) in [5.41, 5.74) is -2.64. The minimum atomic E-state index is -5.13. The number of alkyl halides is 3. The molecule has 2 aromatic carbocycles. The van der Waals surface area contributed by atoms with Crippen LogP contribution in [-0.4, -0.2) is 43.0 Å². The second kappa shape index (κ2) is 8.00. The quantitative estimate of drug-likeness (QED) is 0.533. The summed E-state index contributed by atoms with van der Waals surface area (Å²) in [7, 11) is -2.94. The van der Waals surface area contributed by atoms with Crippen LogP contribution in [0.1, 0.15) is 12.0 Å². The minimum absolute atomic E-state index is 0.0521. The van der Waals surface area contributed by atoms with Crippen molar-refractivity contribution in [3.05, 3.63) is 47.8 Å².